The minimum atomic E-state index is -0.502. The highest BCUT2D eigenvalue weighted by molar-refractivity contribution is 4.71. The van der Waals surface area contributed by atoms with Crippen LogP contribution in [-0.4, -0.2) is 49.2 Å². The van der Waals surface area contributed by atoms with E-state index >= 15 is 0 Å². The number of hydrogen-bond acceptors (Lipinski definition) is 4. The van der Waals surface area contributed by atoms with E-state index in [0.717, 1.165) is 0 Å². The fraction of sp³-hybridized carbons (Fsp3) is 1.00. The van der Waals surface area contributed by atoms with Gasteiger partial charge in [-0.05, 0) is 5.92 Å². The monoisotopic (exact) mass is 191 g/mol. The van der Waals surface area contributed by atoms with Crippen LogP contribution < -0.4 is 5.32 Å². The summed E-state index contributed by atoms with van der Waals surface area (Å²) < 4.78 is 4.78. The van der Waals surface area contributed by atoms with Crippen LogP contribution in [0.4, 0.5) is 0 Å². The first-order chi connectivity index (χ1) is 6.11. The third-order valence-corrected chi connectivity index (χ3v) is 1.98. The predicted octanol–water partition coefficient (Wildman–Crippen LogP) is -0.400. The Morgan fingerprint density at radius 1 is 1.38 bits per heavy atom. The lowest BCUT2D eigenvalue weighted by Gasteiger charge is -2.21. The highest BCUT2D eigenvalue weighted by atomic mass is 16.5. The van der Waals surface area contributed by atoms with E-state index in [-0.39, 0.29) is 12.6 Å². The van der Waals surface area contributed by atoms with Crippen LogP contribution in [-0.2, 0) is 4.74 Å². The summed E-state index contributed by atoms with van der Waals surface area (Å²) in [5, 5.41) is 21.3. The molecule has 0 rings (SSSR count). The normalized spacial score (nSPS) is 16.2. The Labute approximate surface area is 79.9 Å². The summed E-state index contributed by atoms with van der Waals surface area (Å²) in [6, 6.07) is 0.0477. The van der Waals surface area contributed by atoms with E-state index in [1.165, 1.54) is 0 Å². The molecule has 0 aromatic heterocycles. The first-order valence-electron chi connectivity index (χ1n) is 4.63. The van der Waals surface area contributed by atoms with Crippen LogP contribution >= 0.6 is 0 Å². The molecule has 0 bridgehead atoms. The number of ether oxygens (including phenoxy) is 1. The first-order valence-corrected chi connectivity index (χ1v) is 4.63. The quantitative estimate of drug-likeness (QED) is 0.512. The fourth-order valence-electron chi connectivity index (χ4n) is 1.05. The molecular formula is C9H21NO3. The summed E-state index contributed by atoms with van der Waals surface area (Å²) in [6.45, 7) is 4.92. The molecule has 13 heavy (non-hydrogen) atoms. The van der Waals surface area contributed by atoms with Crippen molar-refractivity contribution in [1.29, 1.82) is 0 Å². The molecule has 0 aromatic rings. The number of methoxy groups -OCH3 is 1. The zero-order valence-corrected chi connectivity index (χ0v) is 8.66. The first kappa shape index (κ1) is 12.8. The Bertz CT molecular complexity index is 119. The van der Waals surface area contributed by atoms with Crippen molar-refractivity contribution < 1.29 is 14.9 Å². The molecule has 0 radical (unpaired) electrons. The van der Waals surface area contributed by atoms with Gasteiger partial charge in [0.2, 0.25) is 0 Å². The van der Waals surface area contributed by atoms with E-state index < -0.39 is 6.10 Å². The smallest absolute Gasteiger partial charge is 0.0897 e. The SMILES string of the molecule is COCC(O)CN[C@H](CO)C(C)C. The second-order valence-electron chi connectivity index (χ2n) is 3.55. The maximum absolute atomic E-state index is 9.31. The highest BCUT2D eigenvalue weighted by Gasteiger charge is 2.12. The predicted molar refractivity (Wildman–Crippen MR) is 51.6 cm³/mol. The summed E-state index contributed by atoms with van der Waals surface area (Å²) in [6.07, 6.45) is -0.502. The summed E-state index contributed by atoms with van der Waals surface area (Å²) in [5.74, 6) is 0.361. The minimum Gasteiger partial charge on any atom is -0.395 e. The van der Waals surface area contributed by atoms with E-state index in [9.17, 15) is 5.11 Å². The Morgan fingerprint density at radius 3 is 2.38 bits per heavy atom. The van der Waals surface area contributed by atoms with Gasteiger partial charge in [-0.15, -0.1) is 0 Å². The summed E-state index contributed by atoms with van der Waals surface area (Å²) >= 11 is 0. The molecule has 2 atom stereocenters. The summed E-state index contributed by atoms with van der Waals surface area (Å²) in [4.78, 5) is 0. The second kappa shape index (κ2) is 7.26. The van der Waals surface area contributed by atoms with Gasteiger partial charge in [-0.2, -0.15) is 0 Å². The van der Waals surface area contributed by atoms with Gasteiger partial charge in [0.05, 0.1) is 19.3 Å². The van der Waals surface area contributed by atoms with Gasteiger partial charge in [0, 0.05) is 19.7 Å². The van der Waals surface area contributed by atoms with Crippen molar-refractivity contribution in [2.24, 2.45) is 5.92 Å². The average Bonchev–Trinajstić information content (AvgIpc) is 2.05. The number of rotatable bonds is 7. The maximum atomic E-state index is 9.31. The molecule has 0 saturated carbocycles. The molecule has 3 N–H and O–H groups in total. The number of nitrogens with one attached hydrogen (secondary N) is 1. The second-order valence-corrected chi connectivity index (χ2v) is 3.55. The van der Waals surface area contributed by atoms with Gasteiger partial charge >= 0.3 is 0 Å². The lowest BCUT2D eigenvalue weighted by Crippen LogP contribution is -2.42. The summed E-state index contributed by atoms with van der Waals surface area (Å²) in [7, 11) is 1.55. The van der Waals surface area contributed by atoms with Gasteiger partial charge in [0.15, 0.2) is 0 Å². The average molecular weight is 191 g/mol. The van der Waals surface area contributed by atoms with Crippen molar-refractivity contribution in [3.05, 3.63) is 0 Å². The lowest BCUT2D eigenvalue weighted by atomic mass is 10.1. The zero-order chi connectivity index (χ0) is 10.3. The number of aliphatic hydroxyl groups is 2. The van der Waals surface area contributed by atoms with Crippen molar-refractivity contribution in [2.45, 2.75) is 26.0 Å². The van der Waals surface area contributed by atoms with Crippen LogP contribution in [0.15, 0.2) is 0 Å². The van der Waals surface area contributed by atoms with Crippen molar-refractivity contribution in [3.63, 3.8) is 0 Å². The van der Waals surface area contributed by atoms with Crippen molar-refractivity contribution >= 4 is 0 Å². The Kier molecular flexibility index (Phi) is 7.17. The van der Waals surface area contributed by atoms with Crippen LogP contribution in [0.3, 0.4) is 0 Å². The molecule has 0 aliphatic rings. The topological polar surface area (TPSA) is 61.7 Å². The third kappa shape index (κ3) is 5.99. The molecule has 80 valence electrons. The van der Waals surface area contributed by atoms with Crippen LogP contribution in [0.5, 0.6) is 0 Å². The number of aliphatic hydroxyl groups excluding tert-OH is 2. The fourth-order valence-corrected chi connectivity index (χ4v) is 1.05. The van der Waals surface area contributed by atoms with Gasteiger partial charge in [0.25, 0.3) is 0 Å². The molecule has 0 aliphatic carbocycles. The molecule has 4 nitrogen and oxygen atoms in total. The van der Waals surface area contributed by atoms with Gasteiger partial charge in [-0.25, -0.2) is 0 Å². The largest absolute Gasteiger partial charge is 0.395 e. The van der Waals surface area contributed by atoms with E-state index in [0.29, 0.717) is 19.1 Å². The van der Waals surface area contributed by atoms with Crippen molar-refractivity contribution in [2.75, 3.05) is 26.9 Å². The minimum absolute atomic E-state index is 0.0477. The molecule has 1 unspecified atom stereocenters. The molecule has 0 heterocycles. The Hall–Kier alpha value is -0.160. The highest BCUT2D eigenvalue weighted by Crippen LogP contribution is 1.99. The molecule has 0 amide bonds. The van der Waals surface area contributed by atoms with E-state index in [1.54, 1.807) is 7.11 Å². The molecular weight excluding hydrogens is 170 g/mol. The Balaban J connectivity index is 3.59. The molecule has 0 spiro atoms. The van der Waals surface area contributed by atoms with Gasteiger partial charge in [0.1, 0.15) is 0 Å². The van der Waals surface area contributed by atoms with Crippen LogP contribution in [0, 0.1) is 5.92 Å². The van der Waals surface area contributed by atoms with Crippen LogP contribution in [0.25, 0.3) is 0 Å². The Morgan fingerprint density at radius 2 is 2.00 bits per heavy atom. The van der Waals surface area contributed by atoms with Gasteiger partial charge in [-0.1, -0.05) is 13.8 Å². The molecule has 0 aliphatic heterocycles. The van der Waals surface area contributed by atoms with Gasteiger partial charge < -0.3 is 20.3 Å². The molecule has 0 fully saturated rings. The molecule has 4 heteroatoms. The van der Waals surface area contributed by atoms with E-state index in [4.69, 9.17) is 9.84 Å². The van der Waals surface area contributed by atoms with Gasteiger partial charge in [-0.3, -0.25) is 0 Å². The molecule has 0 saturated heterocycles. The van der Waals surface area contributed by atoms with E-state index in [1.807, 2.05) is 13.8 Å². The van der Waals surface area contributed by atoms with E-state index in [2.05, 4.69) is 5.32 Å². The summed E-state index contributed by atoms with van der Waals surface area (Å²) in [5.41, 5.74) is 0. The lowest BCUT2D eigenvalue weighted by molar-refractivity contribution is 0.0590. The number of hydrogen-bond donors (Lipinski definition) is 3. The van der Waals surface area contributed by atoms with Crippen molar-refractivity contribution in [3.8, 4) is 0 Å². The maximum Gasteiger partial charge on any atom is 0.0897 e. The van der Waals surface area contributed by atoms with Crippen LogP contribution in [0.1, 0.15) is 13.8 Å². The van der Waals surface area contributed by atoms with Crippen LogP contribution in [0.2, 0.25) is 0 Å². The van der Waals surface area contributed by atoms with Crippen molar-refractivity contribution in [1.82, 2.24) is 5.32 Å². The zero-order valence-electron chi connectivity index (χ0n) is 8.66. The third-order valence-electron chi connectivity index (χ3n) is 1.98. The standard InChI is InChI=1S/C9H21NO3/c1-7(2)9(5-11)10-4-8(12)6-13-3/h7-12H,4-6H2,1-3H3/t8?,9-/m1/s1. The molecule has 0 aromatic carbocycles.